The summed E-state index contributed by atoms with van der Waals surface area (Å²) in [5.41, 5.74) is 0.815. The molecule has 0 spiro atoms. The lowest BCUT2D eigenvalue weighted by Gasteiger charge is -2.46. The van der Waals surface area contributed by atoms with E-state index in [1.54, 1.807) is 30.9 Å². The summed E-state index contributed by atoms with van der Waals surface area (Å²) in [5.74, 6) is -0.877. The number of benzene rings is 1. The van der Waals surface area contributed by atoms with Gasteiger partial charge in [-0.1, -0.05) is 11.6 Å². The molecule has 2 bridgehead atoms. The Morgan fingerprint density at radius 2 is 2.06 bits per heavy atom. The number of pyridine rings is 1. The molecule has 2 fully saturated rings. The number of carbonyl (C=O) groups excluding carboxylic acids is 1. The van der Waals surface area contributed by atoms with Gasteiger partial charge in [0.2, 0.25) is 5.82 Å². The summed E-state index contributed by atoms with van der Waals surface area (Å²) in [6, 6.07) is 8.12. The van der Waals surface area contributed by atoms with Crippen LogP contribution in [0.3, 0.4) is 0 Å². The second-order valence-corrected chi connectivity index (χ2v) is 8.79. The second-order valence-electron chi connectivity index (χ2n) is 8.38. The van der Waals surface area contributed by atoms with Crippen LogP contribution in [0.5, 0.6) is 5.75 Å². The number of rotatable bonds is 5. The Hall–Kier alpha value is -3.09. The van der Waals surface area contributed by atoms with Crippen LogP contribution in [0.4, 0.5) is 20.7 Å². The minimum absolute atomic E-state index is 0.0431. The third-order valence-corrected chi connectivity index (χ3v) is 5.88. The molecule has 0 radical (unpaired) electrons. The zero-order valence-corrected chi connectivity index (χ0v) is 19.0. The molecule has 1 aromatic carbocycles. The molecule has 8 nitrogen and oxygen atoms in total. The van der Waals surface area contributed by atoms with Crippen LogP contribution in [0.15, 0.2) is 30.5 Å². The summed E-state index contributed by atoms with van der Waals surface area (Å²) in [7, 11) is 0. The van der Waals surface area contributed by atoms with Crippen LogP contribution < -0.4 is 10.1 Å². The van der Waals surface area contributed by atoms with Gasteiger partial charge < -0.3 is 24.4 Å². The number of carbonyl (C=O) groups is 1. The molecule has 2 unspecified atom stereocenters. The molecule has 174 valence electrons. The van der Waals surface area contributed by atoms with Gasteiger partial charge in [0.05, 0.1) is 41.7 Å². The quantitative estimate of drug-likeness (QED) is 0.687. The number of halogens is 2. The summed E-state index contributed by atoms with van der Waals surface area (Å²) in [6.07, 6.45) is 0.565. The van der Waals surface area contributed by atoms with E-state index in [9.17, 15) is 4.79 Å². The van der Waals surface area contributed by atoms with Gasteiger partial charge >= 0.3 is 6.09 Å². The Bertz CT molecular complexity index is 1060. The second kappa shape index (κ2) is 9.81. The van der Waals surface area contributed by atoms with Crippen molar-refractivity contribution < 1.29 is 23.4 Å². The highest BCUT2D eigenvalue weighted by Gasteiger charge is 2.44. The van der Waals surface area contributed by atoms with Crippen LogP contribution in [-0.2, 0) is 9.47 Å². The van der Waals surface area contributed by atoms with Gasteiger partial charge in [-0.15, -0.1) is 0 Å². The summed E-state index contributed by atoms with van der Waals surface area (Å²) in [5, 5.41) is 12.1. The zero-order valence-electron chi connectivity index (χ0n) is 18.3. The molecular formula is C23H24ClFN4O4. The Labute approximate surface area is 196 Å². The van der Waals surface area contributed by atoms with E-state index >= 15 is 4.39 Å². The van der Waals surface area contributed by atoms with Crippen LogP contribution in [-0.4, -0.2) is 54.5 Å². The minimum Gasteiger partial charge on any atom is -0.486 e. The van der Waals surface area contributed by atoms with Crippen molar-refractivity contribution in [3.63, 3.8) is 0 Å². The minimum atomic E-state index is -0.654. The average molecular weight is 475 g/mol. The average Bonchev–Trinajstić information content (AvgIpc) is 2.76. The van der Waals surface area contributed by atoms with Crippen LogP contribution in [0.2, 0.25) is 5.02 Å². The first kappa shape index (κ1) is 23.1. The van der Waals surface area contributed by atoms with Crippen molar-refractivity contribution in [1.82, 2.24) is 9.88 Å². The van der Waals surface area contributed by atoms with Gasteiger partial charge in [-0.25, -0.2) is 9.78 Å². The molecule has 2 atom stereocenters. The van der Waals surface area contributed by atoms with Gasteiger partial charge in [0.25, 0.3) is 0 Å². The first-order chi connectivity index (χ1) is 15.9. The number of aromatic nitrogens is 1. The molecule has 10 heteroatoms. The predicted octanol–water partition coefficient (Wildman–Crippen LogP) is 4.36. The van der Waals surface area contributed by atoms with E-state index in [1.165, 1.54) is 18.3 Å². The Kier molecular flexibility index (Phi) is 6.86. The highest BCUT2D eigenvalue weighted by molar-refractivity contribution is 6.33. The van der Waals surface area contributed by atoms with E-state index in [-0.39, 0.29) is 46.7 Å². The summed E-state index contributed by atoms with van der Waals surface area (Å²) < 4.78 is 32.4. The molecule has 0 saturated carbocycles. The number of nitrogens with zero attached hydrogens (tertiary/aromatic N) is 3. The Morgan fingerprint density at radius 3 is 2.70 bits per heavy atom. The fourth-order valence-electron chi connectivity index (χ4n) is 4.08. The van der Waals surface area contributed by atoms with Crippen LogP contribution in [0.1, 0.15) is 19.4 Å². The van der Waals surface area contributed by atoms with Crippen molar-refractivity contribution in [2.75, 3.05) is 31.6 Å². The van der Waals surface area contributed by atoms with Crippen LogP contribution >= 0.6 is 11.6 Å². The summed E-state index contributed by atoms with van der Waals surface area (Å²) in [4.78, 5) is 18.1. The fourth-order valence-corrected chi connectivity index (χ4v) is 4.31. The van der Waals surface area contributed by atoms with E-state index in [0.717, 1.165) is 0 Å². The molecule has 1 N–H and O–H groups in total. The molecule has 0 aliphatic carbocycles. The van der Waals surface area contributed by atoms with Gasteiger partial charge in [0.1, 0.15) is 6.10 Å². The van der Waals surface area contributed by atoms with Gasteiger partial charge in [0, 0.05) is 37.2 Å². The monoisotopic (exact) mass is 474 g/mol. The molecule has 2 saturated heterocycles. The first-order valence-electron chi connectivity index (χ1n) is 10.7. The maximum atomic E-state index is 15.3. The van der Waals surface area contributed by atoms with Crippen molar-refractivity contribution in [3.8, 4) is 11.8 Å². The number of hydrogen-bond acceptors (Lipinski definition) is 7. The zero-order chi connectivity index (χ0) is 23.5. The molecule has 2 aliphatic heterocycles. The van der Waals surface area contributed by atoms with Crippen LogP contribution in [0, 0.1) is 29.0 Å². The maximum absolute atomic E-state index is 15.3. The van der Waals surface area contributed by atoms with E-state index in [4.69, 9.17) is 31.1 Å². The predicted molar refractivity (Wildman–Crippen MR) is 119 cm³/mol. The smallest absolute Gasteiger partial charge is 0.410 e. The van der Waals surface area contributed by atoms with E-state index in [0.29, 0.717) is 37.6 Å². The standard InChI is InChI=1S/C23H24ClFN4O4/c1-13(2)32-23(30)29-9-15-11-31-12-16(10-29)21(15)33-19-5-6-27-22(20(19)25)28-18-4-3-14(8-26)7-17(18)24/h3-7,13,15-16,21H,9-12H2,1-2H3,(H,27,28). The number of nitriles is 1. The number of hydrogen-bond donors (Lipinski definition) is 1. The largest absolute Gasteiger partial charge is 0.486 e. The number of ether oxygens (including phenoxy) is 3. The number of likely N-dealkylation sites (tertiary alicyclic amines) is 1. The lowest BCUT2D eigenvalue weighted by atomic mass is 9.84. The van der Waals surface area contributed by atoms with E-state index in [2.05, 4.69) is 10.3 Å². The third-order valence-electron chi connectivity index (χ3n) is 5.57. The number of nitrogens with one attached hydrogen (secondary N) is 1. The SMILES string of the molecule is CC(C)OC(=O)N1CC2COCC(C1)C2Oc1ccnc(Nc2ccc(C#N)cc2Cl)c1F. The molecule has 1 amide bonds. The summed E-state index contributed by atoms with van der Waals surface area (Å²) >= 11 is 6.19. The van der Waals surface area contributed by atoms with Crippen molar-refractivity contribution in [1.29, 1.82) is 5.26 Å². The van der Waals surface area contributed by atoms with Gasteiger partial charge in [0.15, 0.2) is 11.6 Å². The lowest BCUT2D eigenvalue weighted by molar-refractivity contribution is -0.110. The normalized spacial score (nSPS) is 21.9. The maximum Gasteiger partial charge on any atom is 0.410 e. The lowest BCUT2D eigenvalue weighted by Crippen LogP contribution is -2.58. The fraction of sp³-hybridized carbons (Fsp3) is 0.435. The van der Waals surface area contributed by atoms with E-state index in [1.807, 2.05) is 6.07 Å². The molecule has 3 heterocycles. The topological polar surface area (TPSA) is 96.7 Å². The molecule has 2 aromatic rings. The number of anilines is 2. The number of fused-ring (bicyclic) bond motifs is 2. The van der Waals surface area contributed by atoms with Crippen molar-refractivity contribution in [2.24, 2.45) is 11.8 Å². The molecule has 2 aliphatic rings. The number of amides is 1. The Morgan fingerprint density at radius 1 is 1.33 bits per heavy atom. The highest BCUT2D eigenvalue weighted by atomic mass is 35.5. The van der Waals surface area contributed by atoms with Gasteiger partial charge in [-0.2, -0.15) is 9.65 Å². The molecule has 4 rings (SSSR count). The highest BCUT2D eigenvalue weighted by Crippen LogP contribution is 2.35. The third kappa shape index (κ3) is 5.13. The van der Waals surface area contributed by atoms with Crippen molar-refractivity contribution in [3.05, 3.63) is 46.9 Å². The van der Waals surface area contributed by atoms with Crippen molar-refractivity contribution in [2.45, 2.75) is 26.1 Å². The van der Waals surface area contributed by atoms with Gasteiger partial charge in [-0.3, -0.25) is 0 Å². The van der Waals surface area contributed by atoms with Crippen molar-refractivity contribution >= 4 is 29.2 Å². The number of piperidine rings is 1. The van der Waals surface area contributed by atoms with E-state index < -0.39 is 5.82 Å². The molecular weight excluding hydrogens is 451 g/mol. The van der Waals surface area contributed by atoms with Crippen LogP contribution in [0.25, 0.3) is 0 Å². The summed E-state index contributed by atoms with van der Waals surface area (Å²) in [6.45, 7) is 5.24. The first-order valence-corrected chi connectivity index (χ1v) is 11.0. The molecule has 33 heavy (non-hydrogen) atoms. The van der Waals surface area contributed by atoms with Gasteiger partial charge in [-0.05, 0) is 32.0 Å². The molecule has 1 aromatic heterocycles. The Balaban J connectivity index is 1.49.